The van der Waals surface area contributed by atoms with Gasteiger partial charge < -0.3 is 20.5 Å². The lowest BCUT2D eigenvalue weighted by Gasteiger charge is -2.20. The number of hydrogen-bond acceptors (Lipinski definition) is 6. The second-order valence-corrected chi connectivity index (χ2v) is 5.03. The van der Waals surface area contributed by atoms with E-state index >= 15 is 0 Å². The molecule has 0 heterocycles. The van der Waals surface area contributed by atoms with Gasteiger partial charge >= 0.3 is 11.9 Å². The van der Waals surface area contributed by atoms with Crippen LogP contribution < -0.4 is 11.1 Å². The van der Waals surface area contributed by atoms with Gasteiger partial charge in [0, 0.05) is 6.42 Å². The Hall–Kier alpha value is -1.63. The Balaban J connectivity index is 3.97. The molecule has 0 fully saturated rings. The molecule has 0 aliphatic rings. The molecule has 0 aliphatic heterocycles. The molecule has 0 saturated carbocycles. The number of rotatable bonds is 6. The Morgan fingerprint density at radius 2 is 1.79 bits per heavy atom. The van der Waals surface area contributed by atoms with Crippen molar-refractivity contribution in [3.05, 3.63) is 0 Å². The number of esters is 2. The van der Waals surface area contributed by atoms with Gasteiger partial charge in [0.15, 0.2) is 0 Å². The summed E-state index contributed by atoms with van der Waals surface area (Å²) in [5.41, 5.74) is 5.02. The molecule has 3 N–H and O–H groups in total. The Labute approximate surface area is 112 Å². The van der Waals surface area contributed by atoms with E-state index in [0.29, 0.717) is 0 Å². The molecule has 0 aromatic rings. The summed E-state index contributed by atoms with van der Waals surface area (Å²) in [6.07, 6.45) is 0.200. The first-order valence-corrected chi connectivity index (χ1v) is 5.97. The quantitative estimate of drug-likeness (QED) is 0.645. The molecule has 0 unspecified atom stereocenters. The highest BCUT2D eigenvalue weighted by Crippen LogP contribution is 2.09. The van der Waals surface area contributed by atoms with E-state index in [0.717, 1.165) is 0 Å². The molecule has 0 radical (unpaired) electrons. The van der Waals surface area contributed by atoms with E-state index in [2.05, 4.69) is 10.1 Å². The largest absolute Gasteiger partial charge is 0.468 e. The third kappa shape index (κ3) is 9.01. The first-order valence-electron chi connectivity index (χ1n) is 5.97. The van der Waals surface area contributed by atoms with Crippen molar-refractivity contribution in [1.29, 1.82) is 0 Å². The third-order valence-corrected chi connectivity index (χ3v) is 2.05. The zero-order valence-corrected chi connectivity index (χ0v) is 11.8. The molecular weight excluding hydrogens is 252 g/mol. The van der Waals surface area contributed by atoms with Gasteiger partial charge in [-0.05, 0) is 27.2 Å². The lowest BCUT2D eigenvalue weighted by Crippen LogP contribution is -2.43. The first-order chi connectivity index (χ1) is 8.65. The smallest absolute Gasteiger partial charge is 0.325 e. The SMILES string of the molecule is COC(=O)CNC(=O)[C@@H](N)CCC(=O)OC(C)(C)C. The van der Waals surface area contributed by atoms with Crippen LogP contribution in [-0.4, -0.2) is 43.1 Å². The molecule has 0 spiro atoms. The van der Waals surface area contributed by atoms with Crippen LogP contribution in [0.25, 0.3) is 0 Å². The second kappa shape index (κ2) is 7.73. The molecule has 0 bridgehead atoms. The predicted octanol–water partition coefficient (Wildman–Crippen LogP) is -0.275. The predicted molar refractivity (Wildman–Crippen MR) is 68.1 cm³/mol. The number of nitrogens with two attached hydrogens (primary N) is 1. The summed E-state index contributed by atoms with van der Waals surface area (Å²) in [7, 11) is 1.22. The minimum atomic E-state index is -0.864. The molecule has 0 aromatic carbocycles. The van der Waals surface area contributed by atoms with Crippen molar-refractivity contribution < 1.29 is 23.9 Å². The topological polar surface area (TPSA) is 108 Å². The highest BCUT2D eigenvalue weighted by atomic mass is 16.6. The summed E-state index contributed by atoms with van der Waals surface area (Å²) in [4.78, 5) is 33.7. The van der Waals surface area contributed by atoms with Crippen molar-refractivity contribution in [2.45, 2.75) is 45.3 Å². The molecular formula is C12H22N2O5. The van der Waals surface area contributed by atoms with Gasteiger partial charge in [-0.25, -0.2) is 0 Å². The van der Waals surface area contributed by atoms with Gasteiger partial charge in [0.1, 0.15) is 12.1 Å². The van der Waals surface area contributed by atoms with Crippen molar-refractivity contribution >= 4 is 17.8 Å². The fraction of sp³-hybridized carbons (Fsp3) is 0.750. The second-order valence-electron chi connectivity index (χ2n) is 5.03. The standard InChI is InChI=1S/C12H22N2O5/c1-12(2,3)19-9(15)6-5-8(13)11(17)14-7-10(16)18-4/h8H,5-7,13H2,1-4H3,(H,14,17)/t8-/m0/s1. The molecule has 19 heavy (non-hydrogen) atoms. The highest BCUT2D eigenvalue weighted by Gasteiger charge is 2.19. The summed E-state index contributed by atoms with van der Waals surface area (Å²) in [6, 6.07) is -0.864. The van der Waals surface area contributed by atoms with Crippen LogP contribution in [0.3, 0.4) is 0 Å². The van der Waals surface area contributed by atoms with Crippen molar-refractivity contribution in [1.82, 2.24) is 5.32 Å². The van der Waals surface area contributed by atoms with Crippen LogP contribution in [0.2, 0.25) is 0 Å². The van der Waals surface area contributed by atoms with E-state index in [1.807, 2.05) is 0 Å². The van der Waals surface area contributed by atoms with Crippen LogP contribution in [0, 0.1) is 0 Å². The molecule has 0 saturated heterocycles. The maximum absolute atomic E-state index is 11.5. The molecule has 1 amide bonds. The highest BCUT2D eigenvalue weighted by molar-refractivity contribution is 5.85. The van der Waals surface area contributed by atoms with Crippen molar-refractivity contribution in [3.63, 3.8) is 0 Å². The van der Waals surface area contributed by atoms with Gasteiger partial charge in [-0.1, -0.05) is 0 Å². The Morgan fingerprint density at radius 1 is 1.21 bits per heavy atom. The Bertz CT molecular complexity index is 336. The van der Waals surface area contributed by atoms with Crippen LogP contribution in [0.4, 0.5) is 0 Å². The van der Waals surface area contributed by atoms with Gasteiger partial charge in [-0.2, -0.15) is 0 Å². The van der Waals surface area contributed by atoms with Crippen molar-refractivity contribution in [2.24, 2.45) is 5.73 Å². The van der Waals surface area contributed by atoms with Gasteiger partial charge in [0.05, 0.1) is 13.2 Å². The van der Waals surface area contributed by atoms with Crippen LogP contribution in [0.5, 0.6) is 0 Å². The lowest BCUT2D eigenvalue weighted by molar-refractivity contribution is -0.155. The maximum atomic E-state index is 11.5. The molecule has 0 aromatic heterocycles. The molecule has 7 nitrogen and oxygen atoms in total. The monoisotopic (exact) mass is 274 g/mol. The van der Waals surface area contributed by atoms with Crippen molar-refractivity contribution in [2.75, 3.05) is 13.7 Å². The zero-order chi connectivity index (χ0) is 15.1. The number of nitrogens with one attached hydrogen (secondary N) is 1. The van der Waals surface area contributed by atoms with Gasteiger partial charge in [0.2, 0.25) is 5.91 Å². The van der Waals surface area contributed by atoms with E-state index in [1.165, 1.54) is 7.11 Å². The van der Waals surface area contributed by atoms with Crippen LogP contribution in [-0.2, 0) is 23.9 Å². The average molecular weight is 274 g/mol. The average Bonchev–Trinajstić information content (AvgIpc) is 2.30. The number of hydrogen-bond donors (Lipinski definition) is 2. The van der Waals surface area contributed by atoms with Gasteiger partial charge in [-0.3, -0.25) is 14.4 Å². The summed E-state index contributed by atoms with van der Waals surface area (Å²) in [5, 5.41) is 2.31. The van der Waals surface area contributed by atoms with Crippen molar-refractivity contribution in [3.8, 4) is 0 Å². The van der Waals surface area contributed by atoms with Crippen LogP contribution in [0.1, 0.15) is 33.6 Å². The molecule has 110 valence electrons. The minimum Gasteiger partial charge on any atom is -0.468 e. The van der Waals surface area contributed by atoms with E-state index in [4.69, 9.17) is 10.5 Å². The van der Waals surface area contributed by atoms with Gasteiger partial charge in [0.25, 0.3) is 0 Å². The number of amides is 1. The third-order valence-electron chi connectivity index (χ3n) is 2.05. The lowest BCUT2D eigenvalue weighted by atomic mass is 10.1. The maximum Gasteiger partial charge on any atom is 0.325 e. The van der Waals surface area contributed by atoms with Crippen LogP contribution in [0.15, 0.2) is 0 Å². The van der Waals surface area contributed by atoms with E-state index < -0.39 is 29.5 Å². The summed E-state index contributed by atoms with van der Waals surface area (Å²) >= 11 is 0. The number of ether oxygens (including phenoxy) is 2. The molecule has 7 heteroatoms. The normalized spacial score (nSPS) is 12.5. The Morgan fingerprint density at radius 3 is 2.26 bits per heavy atom. The minimum absolute atomic E-state index is 0.0457. The molecule has 0 rings (SSSR count). The Kier molecular flexibility index (Phi) is 7.06. The fourth-order valence-corrected chi connectivity index (χ4v) is 1.16. The first kappa shape index (κ1) is 17.4. The summed E-state index contributed by atoms with van der Waals surface area (Å²) in [6.45, 7) is 5.03. The number of carbonyl (C=O) groups excluding carboxylic acids is 3. The number of methoxy groups -OCH3 is 1. The summed E-state index contributed by atoms with van der Waals surface area (Å²) < 4.78 is 9.45. The van der Waals surface area contributed by atoms with E-state index in [1.54, 1.807) is 20.8 Å². The zero-order valence-electron chi connectivity index (χ0n) is 11.8. The fourth-order valence-electron chi connectivity index (χ4n) is 1.16. The summed E-state index contributed by atoms with van der Waals surface area (Å²) in [5.74, 6) is -1.48. The number of carbonyl (C=O) groups is 3. The van der Waals surface area contributed by atoms with E-state index in [-0.39, 0.29) is 19.4 Å². The van der Waals surface area contributed by atoms with Crippen LogP contribution >= 0.6 is 0 Å². The van der Waals surface area contributed by atoms with E-state index in [9.17, 15) is 14.4 Å². The molecule has 0 aliphatic carbocycles. The molecule has 1 atom stereocenters. The van der Waals surface area contributed by atoms with Gasteiger partial charge in [-0.15, -0.1) is 0 Å².